The molecule has 0 saturated carbocycles. The lowest BCUT2D eigenvalue weighted by molar-refractivity contribution is -0.113. The molecule has 41 heavy (non-hydrogen) atoms. The van der Waals surface area contributed by atoms with Crippen molar-refractivity contribution < 1.29 is 19.1 Å². The molecule has 0 fully saturated rings. The second kappa shape index (κ2) is 11.4. The normalized spacial score (nSPS) is 12.0. The van der Waals surface area contributed by atoms with Crippen LogP contribution >= 0.6 is 23.4 Å². The van der Waals surface area contributed by atoms with Gasteiger partial charge in [-0.2, -0.15) is 0 Å². The van der Waals surface area contributed by atoms with Gasteiger partial charge in [-0.25, -0.2) is 0 Å². The van der Waals surface area contributed by atoms with Crippen molar-refractivity contribution in [1.29, 1.82) is 0 Å². The topological polar surface area (TPSA) is 103 Å². The highest BCUT2D eigenvalue weighted by atomic mass is 35.5. The summed E-state index contributed by atoms with van der Waals surface area (Å²) in [7, 11) is 0. The molecular formula is C31H21ClN4O4S. The Balaban J connectivity index is 1.20. The molecule has 8 nitrogen and oxygen atoms in total. The Morgan fingerprint density at radius 1 is 0.805 bits per heavy atom. The van der Waals surface area contributed by atoms with Crippen LogP contribution in [0.2, 0.25) is 5.02 Å². The Hall–Kier alpha value is -4.73. The molecule has 1 aromatic heterocycles. The monoisotopic (exact) mass is 580 g/mol. The second-order valence-electron chi connectivity index (χ2n) is 9.08. The molecule has 1 N–H and O–H groups in total. The van der Waals surface area contributed by atoms with Crippen LogP contribution in [0.15, 0.2) is 102 Å². The lowest BCUT2D eigenvalue weighted by Gasteiger charge is -2.20. The lowest BCUT2D eigenvalue weighted by atomic mass is 9.83. The van der Waals surface area contributed by atoms with Gasteiger partial charge in [0.25, 0.3) is 0 Å². The Morgan fingerprint density at radius 2 is 1.49 bits per heavy atom. The summed E-state index contributed by atoms with van der Waals surface area (Å²) in [5, 5.41) is 12.5. The van der Waals surface area contributed by atoms with Gasteiger partial charge in [0.1, 0.15) is 12.4 Å². The van der Waals surface area contributed by atoms with E-state index in [-0.39, 0.29) is 41.0 Å². The van der Waals surface area contributed by atoms with Gasteiger partial charge >= 0.3 is 0 Å². The van der Waals surface area contributed by atoms with E-state index in [0.717, 1.165) is 5.69 Å². The van der Waals surface area contributed by atoms with Crippen molar-refractivity contribution >= 4 is 46.5 Å². The maximum Gasteiger partial charge on any atom is 0.234 e. The number of nitrogens with one attached hydrogen (secondary N) is 1. The van der Waals surface area contributed by atoms with Gasteiger partial charge in [-0.3, -0.25) is 19.0 Å². The van der Waals surface area contributed by atoms with E-state index in [9.17, 15) is 14.4 Å². The number of para-hydroxylation sites is 1. The van der Waals surface area contributed by atoms with Gasteiger partial charge in [0.2, 0.25) is 5.91 Å². The highest BCUT2D eigenvalue weighted by molar-refractivity contribution is 7.99. The number of fused-ring (bicyclic) bond motifs is 2. The first-order valence-electron chi connectivity index (χ1n) is 12.6. The first-order valence-corrected chi connectivity index (χ1v) is 14.0. The van der Waals surface area contributed by atoms with E-state index in [1.807, 2.05) is 34.9 Å². The quantitative estimate of drug-likeness (QED) is 0.220. The maximum absolute atomic E-state index is 13.3. The van der Waals surface area contributed by atoms with Crippen LogP contribution in [0, 0.1) is 0 Å². The fourth-order valence-electron chi connectivity index (χ4n) is 4.57. The molecule has 202 valence electrons. The van der Waals surface area contributed by atoms with E-state index in [0.29, 0.717) is 38.6 Å². The summed E-state index contributed by atoms with van der Waals surface area (Å²) in [5.41, 5.74) is 2.26. The van der Waals surface area contributed by atoms with E-state index < -0.39 is 0 Å². The smallest absolute Gasteiger partial charge is 0.234 e. The van der Waals surface area contributed by atoms with E-state index in [4.69, 9.17) is 16.3 Å². The summed E-state index contributed by atoms with van der Waals surface area (Å²) in [6, 6.07) is 28.1. The minimum atomic E-state index is -0.357. The van der Waals surface area contributed by atoms with Gasteiger partial charge in [-0.15, -0.1) is 10.2 Å². The van der Waals surface area contributed by atoms with Gasteiger partial charge in [0.05, 0.1) is 17.0 Å². The molecular weight excluding hydrogens is 560 g/mol. The molecule has 4 aromatic carbocycles. The zero-order valence-corrected chi connectivity index (χ0v) is 23.0. The largest absolute Gasteiger partial charge is 0.486 e. The van der Waals surface area contributed by atoms with Crippen molar-refractivity contribution in [3.8, 4) is 11.4 Å². The Kier molecular flexibility index (Phi) is 7.37. The van der Waals surface area contributed by atoms with Crippen molar-refractivity contribution in [3.05, 3.63) is 130 Å². The van der Waals surface area contributed by atoms with E-state index in [1.54, 1.807) is 66.7 Å². The number of hydrogen-bond donors (Lipinski definition) is 1. The predicted molar refractivity (Wildman–Crippen MR) is 156 cm³/mol. The summed E-state index contributed by atoms with van der Waals surface area (Å²) >= 11 is 7.16. The highest BCUT2D eigenvalue weighted by Gasteiger charge is 2.31. The number of anilines is 1. The van der Waals surface area contributed by atoms with Crippen LogP contribution in [0.25, 0.3) is 5.69 Å². The number of hydrogen-bond acceptors (Lipinski definition) is 7. The number of aromatic nitrogens is 3. The van der Waals surface area contributed by atoms with Crippen LogP contribution in [-0.4, -0.2) is 38.0 Å². The van der Waals surface area contributed by atoms with Gasteiger partial charge < -0.3 is 10.1 Å². The molecule has 0 unspecified atom stereocenters. The van der Waals surface area contributed by atoms with Gasteiger partial charge in [0, 0.05) is 27.4 Å². The first kappa shape index (κ1) is 26.5. The first-order chi connectivity index (χ1) is 20.0. The summed E-state index contributed by atoms with van der Waals surface area (Å²) in [4.78, 5) is 39.4. The van der Waals surface area contributed by atoms with Crippen LogP contribution in [0.1, 0.15) is 37.7 Å². The molecule has 5 aromatic rings. The number of amides is 1. The second-order valence-corrected chi connectivity index (χ2v) is 10.5. The summed E-state index contributed by atoms with van der Waals surface area (Å²) in [6.07, 6.45) is 0. The van der Waals surface area contributed by atoms with E-state index in [1.165, 1.54) is 11.8 Å². The van der Waals surface area contributed by atoms with E-state index >= 15 is 0 Å². The van der Waals surface area contributed by atoms with Gasteiger partial charge in [-0.1, -0.05) is 78.0 Å². The molecule has 1 amide bonds. The standard InChI is InChI=1S/C31H21ClN4O4S/c32-19-13-15-21(16-14-19)40-17-26-34-35-31(36(26)20-7-2-1-3-8-20)41-18-27(37)33-25-12-6-11-24-28(25)30(39)23-10-5-4-9-22(23)29(24)38/h1-16H,17-18H2,(H,33,37). The summed E-state index contributed by atoms with van der Waals surface area (Å²) < 4.78 is 7.72. The van der Waals surface area contributed by atoms with Crippen molar-refractivity contribution in [3.63, 3.8) is 0 Å². The zero-order valence-electron chi connectivity index (χ0n) is 21.4. The molecule has 0 spiro atoms. The average Bonchev–Trinajstić information content (AvgIpc) is 3.41. The zero-order chi connectivity index (χ0) is 28.3. The SMILES string of the molecule is O=C(CSc1nnc(COc2ccc(Cl)cc2)n1-c1ccccc1)Nc1cccc2c1C(=O)c1ccccc1C2=O. The third-order valence-electron chi connectivity index (χ3n) is 6.46. The number of nitrogens with zero attached hydrogens (tertiary/aromatic N) is 3. The van der Waals surface area contributed by atoms with Crippen LogP contribution in [-0.2, 0) is 11.4 Å². The molecule has 0 bridgehead atoms. The molecule has 1 heterocycles. The Bertz CT molecular complexity index is 1790. The Labute approximate surface area is 244 Å². The predicted octanol–water partition coefficient (Wildman–Crippen LogP) is 6.01. The third kappa shape index (κ3) is 5.37. The molecule has 0 atom stereocenters. The minimum Gasteiger partial charge on any atom is -0.486 e. The molecule has 6 rings (SSSR count). The molecule has 1 aliphatic rings. The molecule has 10 heteroatoms. The Morgan fingerprint density at radius 3 is 2.24 bits per heavy atom. The molecule has 1 aliphatic carbocycles. The number of benzene rings is 4. The number of rotatable bonds is 8. The van der Waals surface area contributed by atoms with Crippen molar-refractivity contribution in [2.75, 3.05) is 11.1 Å². The number of halogens is 1. The number of thioether (sulfide) groups is 1. The van der Waals surface area contributed by atoms with Crippen LogP contribution in [0.3, 0.4) is 0 Å². The number of ether oxygens (including phenoxy) is 1. The minimum absolute atomic E-state index is 0.00853. The summed E-state index contributed by atoms with van der Waals surface area (Å²) in [5.74, 6) is 0.272. The van der Waals surface area contributed by atoms with E-state index in [2.05, 4.69) is 15.5 Å². The summed E-state index contributed by atoms with van der Waals surface area (Å²) in [6.45, 7) is 0.143. The lowest BCUT2D eigenvalue weighted by Crippen LogP contribution is -2.24. The molecule has 0 aliphatic heterocycles. The highest BCUT2D eigenvalue weighted by Crippen LogP contribution is 2.32. The van der Waals surface area contributed by atoms with Crippen molar-refractivity contribution in [2.24, 2.45) is 0 Å². The van der Waals surface area contributed by atoms with Crippen LogP contribution in [0.4, 0.5) is 5.69 Å². The fourth-order valence-corrected chi connectivity index (χ4v) is 5.46. The number of carbonyl (C=O) groups is 3. The fraction of sp³-hybridized carbons (Fsp3) is 0.0645. The molecule has 0 saturated heterocycles. The van der Waals surface area contributed by atoms with Gasteiger partial charge in [0.15, 0.2) is 22.5 Å². The van der Waals surface area contributed by atoms with Crippen LogP contribution < -0.4 is 10.1 Å². The van der Waals surface area contributed by atoms with Crippen molar-refractivity contribution in [1.82, 2.24) is 14.8 Å². The number of ketones is 2. The maximum atomic E-state index is 13.3. The number of carbonyl (C=O) groups excluding carboxylic acids is 3. The molecule has 0 radical (unpaired) electrons. The third-order valence-corrected chi connectivity index (χ3v) is 7.64. The average molecular weight is 581 g/mol. The van der Waals surface area contributed by atoms with Crippen molar-refractivity contribution in [2.45, 2.75) is 11.8 Å². The van der Waals surface area contributed by atoms with Crippen LogP contribution in [0.5, 0.6) is 5.75 Å². The van der Waals surface area contributed by atoms with Gasteiger partial charge in [-0.05, 0) is 42.5 Å².